The zero-order valence-corrected chi connectivity index (χ0v) is 13.7. The second-order valence-corrected chi connectivity index (χ2v) is 6.91. The second-order valence-electron chi connectivity index (χ2n) is 4.58. The normalized spacial score (nSPS) is 19.9. The topological polar surface area (TPSA) is 32.5 Å². The van der Waals surface area contributed by atoms with Gasteiger partial charge in [0.1, 0.15) is 0 Å². The molecule has 1 saturated heterocycles. The highest BCUT2D eigenvalue weighted by atomic mass is 79.9. The van der Waals surface area contributed by atoms with Gasteiger partial charge in [0.05, 0.1) is 11.0 Å². The van der Waals surface area contributed by atoms with Crippen LogP contribution in [0, 0.1) is 0 Å². The highest BCUT2D eigenvalue weighted by Crippen LogP contribution is 2.24. The van der Waals surface area contributed by atoms with E-state index in [1.807, 2.05) is 11.3 Å². The van der Waals surface area contributed by atoms with Gasteiger partial charge in [-0.25, -0.2) is 0 Å². The molecular formula is C12H18BrN3S2. The van der Waals surface area contributed by atoms with Crippen LogP contribution in [0.4, 0.5) is 0 Å². The van der Waals surface area contributed by atoms with Crippen molar-refractivity contribution in [3.05, 3.63) is 20.8 Å². The van der Waals surface area contributed by atoms with E-state index in [1.165, 1.54) is 9.35 Å². The highest BCUT2D eigenvalue weighted by Gasteiger charge is 2.22. The van der Waals surface area contributed by atoms with E-state index in [1.54, 1.807) is 0 Å². The molecule has 1 aliphatic rings. The fourth-order valence-electron chi connectivity index (χ4n) is 2.13. The van der Waals surface area contributed by atoms with Crippen molar-refractivity contribution in [2.45, 2.75) is 19.5 Å². The Balaban J connectivity index is 1.84. The van der Waals surface area contributed by atoms with E-state index >= 15 is 0 Å². The SMILES string of the molecule is CC(C(N)=S)N1CCN(Cc2sccc2Br)CC1. The minimum absolute atomic E-state index is 0.218. The summed E-state index contributed by atoms with van der Waals surface area (Å²) in [4.78, 5) is 6.86. The van der Waals surface area contributed by atoms with E-state index in [2.05, 4.69) is 44.1 Å². The predicted octanol–water partition coefficient (Wildman–Crippen LogP) is 2.30. The van der Waals surface area contributed by atoms with Crippen LogP contribution < -0.4 is 5.73 Å². The Labute approximate surface area is 126 Å². The fraction of sp³-hybridized carbons (Fsp3) is 0.583. The van der Waals surface area contributed by atoms with Gasteiger partial charge < -0.3 is 5.73 Å². The van der Waals surface area contributed by atoms with E-state index in [9.17, 15) is 0 Å². The van der Waals surface area contributed by atoms with Gasteiger partial charge in [-0.1, -0.05) is 12.2 Å². The minimum Gasteiger partial charge on any atom is -0.392 e. The summed E-state index contributed by atoms with van der Waals surface area (Å²) < 4.78 is 1.23. The maximum absolute atomic E-state index is 5.70. The highest BCUT2D eigenvalue weighted by molar-refractivity contribution is 9.10. The van der Waals surface area contributed by atoms with Crippen LogP contribution in [0.3, 0.4) is 0 Å². The van der Waals surface area contributed by atoms with Crippen LogP contribution in [0.15, 0.2) is 15.9 Å². The van der Waals surface area contributed by atoms with Crippen LogP contribution in [0.2, 0.25) is 0 Å². The van der Waals surface area contributed by atoms with Gasteiger partial charge in [-0.15, -0.1) is 11.3 Å². The largest absolute Gasteiger partial charge is 0.392 e. The average molecular weight is 348 g/mol. The quantitative estimate of drug-likeness (QED) is 0.847. The lowest BCUT2D eigenvalue weighted by Gasteiger charge is -2.37. The maximum Gasteiger partial charge on any atom is 0.0899 e. The molecule has 0 spiro atoms. The van der Waals surface area contributed by atoms with Gasteiger partial charge in [0, 0.05) is 42.1 Å². The molecule has 2 rings (SSSR count). The van der Waals surface area contributed by atoms with E-state index in [4.69, 9.17) is 18.0 Å². The van der Waals surface area contributed by atoms with Crippen LogP contribution in [-0.2, 0) is 6.54 Å². The predicted molar refractivity (Wildman–Crippen MR) is 85.1 cm³/mol. The molecule has 0 radical (unpaired) electrons. The van der Waals surface area contributed by atoms with Crippen molar-refractivity contribution < 1.29 is 0 Å². The molecule has 1 aromatic rings. The molecule has 6 heteroatoms. The average Bonchev–Trinajstić information content (AvgIpc) is 2.75. The molecule has 1 atom stereocenters. The lowest BCUT2D eigenvalue weighted by atomic mass is 10.2. The standard InChI is InChI=1S/C12H18BrN3S2/c1-9(12(14)17)16-5-3-15(4-6-16)8-11-10(13)2-7-18-11/h2,7,9H,3-6,8H2,1H3,(H2,14,17). The van der Waals surface area contributed by atoms with Crippen molar-refractivity contribution in [1.82, 2.24) is 9.80 Å². The number of piperazine rings is 1. The van der Waals surface area contributed by atoms with Gasteiger partial charge in [0.15, 0.2) is 0 Å². The molecular weight excluding hydrogens is 330 g/mol. The van der Waals surface area contributed by atoms with Crippen LogP contribution >= 0.6 is 39.5 Å². The number of thiophene rings is 1. The Kier molecular flexibility index (Phi) is 5.14. The Morgan fingerprint density at radius 1 is 1.50 bits per heavy atom. The summed E-state index contributed by atoms with van der Waals surface area (Å²) in [6, 6.07) is 2.33. The third-order valence-corrected chi connectivity index (χ3v) is 5.68. The number of halogens is 1. The molecule has 100 valence electrons. The van der Waals surface area contributed by atoms with Crippen molar-refractivity contribution in [3.8, 4) is 0 Å². The monoisotopic (exact) mass is 347 g/mol. The smallest absolute Gasteiger partial charge is 0.0899 e. The molecule has 1 aliphatic heterocycles. The van der Waals surface area contributed by atoms with Gasteiger partial charge in [0.2, 0.25) is 0 Å². The lowest BCUT2D eigenvalue weighted by Crippen LogP contribution is -2.52. The fourth-order valence-corrected chi connectivity index (χ4v) is 3.80. The Hall–Kier alpha value is -0.0100. The lowest BCUT2D eigenvalue weighted by molar-refractivity contribution is 0.118. The number of hydrogen-bond acceptors (Lipinski definition) is 4. The molecule has 2 heterocycles. The van der Waals surface area contributed by atoms with E-state index in [0.29, 0.717) is 4.99 Å². The van der Waals surface area contributed by atoms with Crippen molar-refractivity contribution in [2.24, 2.45) is 5.73 Å². The van der Waals surface area contributed by atoms with E-state index < -0.39 is 0 Å². The maximum atomic E-state index is 5.70. The van der Waals surface area contributed by atoms with Crippen molar-refractivity contribution in [3.63, 3.8) is 0 Å². The van der Waals surface area contributed by atoms with Crippen molar-refractivity contribution >= 4 is 44.5 Å². The Morgan fingerprint density at radius 3 is 2.67 bits per heavy atom. The number of hydrogen-bond donors (Lipinski definition) is 1. The van der Waals surface area contributed by atoms with Crippen LogP contribution in [0.5, 0.6) is 0 Å². The van der Waals surface area contributed by atoms with Gasteiger partial charge in [-0.3, -0.25) is 9.80 Å². The number of rotatable bonds is 4. The first-order valence-electron chi connectivity index (χ1n) is 6.05. The van der Waals surface area contributed by atoms with Crippen LogP contribution in [0.1, 0.15) is 11.8 Å². The van der Waals surface area contributed by atoms with Gasteiger partial charge in [-0.2, -0.15) is 0 Å². The van der Waals surface area contributed by atoms with E-state index in [0.717, 1.165) is 32.7 Å². The first kappa shape index (κ1) is 14.4. The van der Waals surface area contributed by atoms with Crippen molar-refractivity contribution in [1.29, 1.82) is 0 Å². The number of nitrogens with two attached hydrogens (primary N) is 1. The second kappa shape index (κ2) is 6.43. The third kappa shape index (κ3) is 3.51. The molecule has 0 bridgehead atoms. The van der Waals surface area contributed by atoms with Gasteiger partial charge >= 0.3 is 0 Å². The zero-order chi connectivity index (χ0) is 13.1. The summed E-state index contributed by atoms with van der Waals surface area (Å²) in [6.45, 7) is 7.37. The number of thiocarbonyl (C=S) groups is 1. The first-order chi connectivity index (χ1) is 8.58. The molecule has 18 heavy (non-hydrogen) atoms. The van der Waals surface area contributed by atoms with E-state index in [-0.39, 0.29) is 6.04 Å². The summed E-state index contributed by atoms with van der Waals surface area (Å²) in [5.41, 5.74) is 5.70. The first-order valence-corrected chi connectivity index (χ1v) is 8.13. The summed E-state index contributed by atoms with van der Waals surface area (Å²) in [6.07, 6.45) is 0. The Bertz CT molecular complexity index is 413. The van der Waals surface area contributed by atoms with Gasteiger partial charge in [-0.05, 0) is 34.3 Å². The summed E-state index contributed by atoms with van der Waals surface area (Å²) in [5.74, 6) is 0. The molecule has 0 aliphatic carbocycles. The molecule has 0 amide bonds. The summed E-state index contributed by atoms with van der Waals surface area (Å²) >= 11 is 10.5. The molecule has 1 fully saturated rings. The molecule has 0 aromatic carbocycles. The molecule has 0 saturated carbocycles. The summed E-state index contributed by atoms with van der Waals surface area (Å²) in [5, 5.41) is 2.13. The summed E-state index contributed by atoms with van der Waals surface area (Å²) in [7, 11) is 0. The third-order valence-electron chi connectivity index (χ3n) is 3.42. The minimum atomic E-state index is 0.218. The molecule has 3 nitrogen and oxygen atoms in total. The van der Waals surface area contributed by atoms with Crippen molar-refractivity contribution in [2.75, 3.05) is 26.2 Å². The van der Waals surface area contributed by atoms with Crippen LogP contribution in [0.25, 0.3) is 0 Å². The number of nitrogens with zero attached hydrogens (tertiary/aromatic N) is 2. The molecule has 1 aromatic heterocycles. The molecule has 1 unspecified atom stereocenters. The Morgan fingerprint density at radius 2 is 2.17 bits per heavy atom. The zero-order valence-electron chi connectivity index (χ0n) is 10.4. The van der Waals surface area contributed by atoms with Gasteiger partial charge in [0.25, 0.3) is 0 Å². The molecule has 2 N–H and O–H groups in total. The van der Waals surface area contributed by atoms with Crippen LogP contribution in [-0.4, -0.2) is 47.0 Å².